The third-order valence-electron chi connectivity index (χ3n) is 5.25. The lowest BCUT2D eigenvalue weighted by atomic mass is 9.63. The Morgan fingerprint density at radius 2 is 1.96 bits per heavy atom. The Hall–Kier alpha value is -1.43. The van der Waals surface area contributed by atoms with E-state index < -0.39 is 35.9 Å². The molecule has 3 heteroatoms. The largest absolute Gasteiger partial charge is 0.205 e. The number of nitrogens with zero attached hydrogens (tertiary/aromatic N) is 1. The van der Waals surface area contributed by atoms with Gasteiger partial charge in [-0.25, -0.2) is 8.78 Å². The van der Waals surface area contributed by atoms with Crippen LogP contribution in [0.4, 0.5) is 8.78 Å². The van der Waals surface area contributed by atoms with Crippen LogP contribution in [0.5, 0.6) is 0 Å². The van der Waals surface area contributed by atoms with Crippen LogP contribution in [-0.4, -0.2) is 0 Å². The summed E-state index contributed by atoms with van der Waals surface area (Å²) >= 11 is 0. The molecule has 0 amide bonds. The van der Waals surface area contributed by atoms with Crippen LogP contribution in [0.15, 0.2) is 12.1 Å². The molecule has 2 aliphatic rings. The average Bonchev–Trinajstić information content (AvgIpc) is 2.57. The highest BCUT2D eigenvalue weighted by molar-refractivity contribution is 5.36. The highest BCUT2D eigenvalue weighted by atomic mass is 19.1. The summed E-state index contributed by atoms with van der Waals surface area (Å²) in [6, 6.07) is 3.94. The van der Waals surface area contributed by atoms with E-state index in [1.54, 1.807) is 0 Å². The van der Waals surface area contributed by atoms with Crippen molar-refractivity contribution in [3.8, 4) is 6.07 Å². The van der Waals surface area contributed by atoms with E-state index >= 15 is 0 Å². The molecule has 2 aliphatic carbocycles. The highest BCUT2D eigenvalue weighted by Gasteiger charge is 2.36. The van der Waals surface area contributed by atoms with Crippen LogP contribution in [0.25, 0.3) is 0 Å². The van der Waals surface area contributed by atoms with E-state index in [1.165, 1.54) is 18.2 Å². The van der Waals surface area contributed by atoms with Gasteiger partial charge < -0.3 is 0 Å². The van der Waals surface area contributed by atoms with E-state index in [1.807, 2.05) is 6.92 Å². The van der Waals surface area contributed by atoms with Gasteiger partial charge >= 0.3 is 0 Å². The molecule has 1 aromatic carbocycles. The van der Waals surface area contributed by atoms with Gasteiger partial charge in [-0.2, -0.15) is 5.26 Å². The standard InChI is InChI=1S/C20H25F2N/c1-2-3-13-4-5-15-9-16(7-6-14(15)8-13)17-10-19(21)18(12-23)20(22)11-17/h10-11,13-16H,2-9H2,1H3/i4D2,8D2. The maximum atomic E-state index is 14.0. The molecule has 4 atom stereocenters. The van der Waals surface area contributed by atoms with Gasteiger partial charge in [0.05, 0.1) is 0 Å². The van der Waals surface area contributed by atoms with Gasteiger partial charge in [-0.3, -0.25) is 0 Å². The molecule has 4 unspecified atom stereocenters. The number of hydrogen-bond donors (Lipinski definition) is 0. The summed E-state index contributed by atoms with van der Waals surface area (Å²) < 4.78 is 62.1. The monoisotopic (exact) mass is 321 g/mol. The lowest BCUT2D eigenvalue weighted by Crippen LogP contribution is -2.30. The number of benzene rings is 1. The molecule has 0 spiro atoms. The van der Waals surface area contributed by atoms with Crippen molar-refractivity contribution < 1.29 is 14.3 Å². The smallest absolute Gasteiger partial charge is 0.144 e. The second-order valence-corrected chi connectivity index (χ2v) is 6.76. The Kier molecular flexibility index (Phi) is 3.65. The minimum atomic E-state index is -1.58. The van der Waals surface area contributed by atoms with Crippen molar-refractivity contribution in [3.63, 3.8) is 0 Å². The molecule has 0 N–H and O–H groups in total. The first kappa shape index (κ1) is 12.0. The van der Waals surface area contributed by atoms with Crippen LogP contribution >= 0.6 is 0 Å². The average molecular weight is 321 g/mol. The number of rotatable bonds is 3. The number of fused-ring (bicyclic) bond motifs is 1. The maximum absolute atomic E-state index is 14.0. The summed E-state index contributed by atoms with van der Waals surface area (Å²) in [5, 5.41) is 8.83. The van der Waals surface area contributed by atoms with Crippen LogP contribution < -0.4 is 0 Å². The van der Waals surface area contributed by atoms with Crippen LogP contribution in [0, 0.1) is 40.7 Å². The number of nitriles is 1. The second kappa shape index (κ2) is 6.99. The Labute approximate surface area is 143 Å². The molecule has 0 aromatic heterocycles. The van der Waals surface area contributed by atoms with Gasteiger partial charge in [0, 0.05) is 5.48 Å². The molecule has 0 bridgehead atoms. The molecule has 1 aromatic rings. The van der Waals surface area contributed by atoms with Crippen molar-refractivity contribution >= 4 is 0 Å². The van der Waals surface area contributed by atoms with E-state index in [4.69, 9.17) is 10.7 Å². The molecule has 1 nitrogen and oxygen atoms in total. The molecular formula is C20H25F2N. The van der Waals surface area contributed by atoms with Crippen LogP contribution in [0.3, 0.4) is 0 Å². The minimum Gasteiger partial charge on any atom is -0.205 e. The third kappa shape index (κ3) is 3.42. The molecule has 2 fully saturated rings. The zero-order valence-electron chi connectivity index (χ0n) is 17.4. The van der Waals surface area contributed by atoms with Crippen molar-refractivity contribution in [2.24, 2.45) is 17.8 Å². The van der Waals surface area contributed by atoms with Crippen molar-refractivity contribution in [3.05, 3.63) is 34.9 Å². The molecule has 23 heavy (non-hydrogen) atoms. The van der Waals surface area contributed by atoms with E-state index in [9.17, 15) is 8.78 Å². The minimum absolute atomic E-state index is 0.141. The summed E-state index contributed by atoms with van der Waals surface area (Å²) in [7, 11) is 0. The van der Waals surface area contributed by atoms with Crippen molar-refractivity contribution in [1.82, 2.24) is 0 Å². The van der Waals surface area contributed by atoms with Crippen molar-refractivity contribution in [2.45, 2.75) is 64.1 Å². The first-order valence-electron chi connectivity index (χ1n) is 10.5. The molecule has 0 aliphatic heterocycles. The van der Waals surface area contributed by atoms with E-state index in [2.05, 4.69) is 0 Å². The SMILES string of the molecule is [2H]C1([2H])CC2CC(c3cc(F)c(C#N)c(F)c3)CCC2C([2H])([2H])C1CCC. The molecule has 3 rings (SSSR count). The topological polar surface area (TPSA) is 23.8 Å². The molecule has 0 saturated heterocycles. The zero-order valence-corrected chi connectivity index (χ0v) is 13.4. The van der Waals surface area contributed by atoms with Crippen LogP contribution in [0.2, 0.25) is 0 Å². The fourth-order valence-corrected chi connectivity index (χ4v) is 4.03. The van der Waals surface area contributed by atoms with Gasteiger partial charge in [-0.1, -0.05) is 26.1 Å². The zero-order chi connectivity index (χ0) is 20.0. The molecular weight excluding hydrogens is 292 g/mol. The van der Waals surface area contributed by atoms with Gasteiger partial charge in [0.15, 0.2) is 0 Å². The highest BCUT2D eigenvalue weighted by Crippen LogP contribution is 2.48. The fraction of sp³-hybridized carbons (Fsp3) is 0.650. The molecule has 2 saturated carbocycles. The predicted octanol–water partition coefficient (Wildman–Crippen LogP) is 5.94. The Morgan fingerprint density at radius 3 is 2.61 bits per heavy atom. The normalized spacial score (nSPS) is 37.5. The predicted molar refractivity (Wildman–Crippen MR) is 86.9 cm³/mol. The summed E-state index contributed by atoms with van der Waals surface area (Å²) in [6.45, 7) is 1.95. The van der Waals surface area contributed by atoms with Crippen LogP contribution in [0.1, 0.15) is 80.7 Å². The third-order valence-corrected chi connectivity index (χ3v) is 5.25. The van der Waals surface area contributed by atoms with E-state index in [0.717, 1.165) is 6.42 Å². The molecule has 0 heterocycles. The first-order valence-corrected chi connectivity index (χ1v) is 8.50. The number of halogens is 2. The van der Waals surface area contributed by atoms with E-state index in [0.29, 0.717) is 37.7 Å². The lowest BCUT2D eigenvalue weighted by Gasteiger charge is -2.42. The van der Waals surface area contributed by atoms with Gasteiger partial charge in [0.25, 0.3) is 0 Å². The summed E-state index contributed by atoms with van der Waals surface area (Å²) in [5.41, 5.74) is -0.0977. The van der Waals surface area contributed by atoms with Gasteiger partial charge in [0.1, 0.15) is 23.3 Å². The number of hydrogen-bond acceptors (Lipinski definition) is 1. The van der Waals surface area contributed by atoms with Gasteiger partial charge in [0.2, 0.25) is 0 Å². The first-order chi connectivity index (χ1) is 12.6. The summed E-state index contributed by atoms with van der Waals surface area (Å²) in [5.74, 6) is -2.86. The maximum Gasteiger partial charge on any atom is 0.144 e. The fourth-order valence-electron chi connectivity index (χ4n) is 4.03. The second-order valence-electron chi connectivity index (χ2n) is 6.76. The summed E-state index contributed by atoms with van der Waals surface area (Å²) in [6.07, 6.45) is 0.131. The van der Waals surface area contributed by atoms with Gasteiger partial charge in [-0.05, 0) is 73.4 Å². The lowest BCUT2D eigenvalue weighted by molar-refractivity contribution is 0.114. The Bertz CT molecular complexity index is 736. The Balaban J connectivity index is 1.86. The molecule has 0 radical (unpaired) electrons. The van der Waals surface area contributed by atoms with Crippen molar-refractivity contribution in [2.75, 3.05) is 0 Å². The Morgan fingerprint density at radius 1 is 1.22 bits per heavy atom. The van der Waals surface area contributed by atoms with Crippen LogP contribution in [-0.2, 0) is 0 Å². The summed E-state index contributed by atoms with van der Waals surface area (Å²) in [4.78, 5) is 0. The van der Waals surface area contributed by atoms with E-state index in [-0.39, 0.29) is 17.8 Å². The quantitative estimate of drug-likeness (QED) is 0.676. The van der Waals surface area contributed by atoms with Gasteiger partial charge in [-0.15, -0.1) is 0 Å². The van der Waals surface area contributed by atoms with Crippen molar-refractivity contribution in [1.29, 1.82) is 5.26 Å². The molecule has 124 valence electrons.